The molecular formula is C16H26N2O3. The van der Waals surface area contributed by atoms with Crippen LogP contribution in [0.2, 0.25) is 0 Å². The number of carbonyl (C=O) groups excluding carboxylic acids is 1. The van der Waals surface area contributed by atoms with Crippen LogP contribution in [0.1, 0.15) is 32.4 Å². The van der Waals surface area contributed by atoms with Crippen molar-refractivity contribution in [3.8, 4) is 5.75 Å². The van der Waals surface area contributed by atoms with Crippen LogP contribution in [-0.2, 0) is 4.74 Å². The fourth-order valence-electron chi connectivity index (χ4n) is 2.34. The number of amides is 1. The number of hydrogen-bond donors (Lipinski definition) is 2. The van der Waals surface area contributed by atoms with E-state index in [1.807, 2.05) is 24.3 Å². The van der Waals surface area contributed by atoms with E-state index in [4.69, 9.17) is 15.2 Å². The second-order valence-corrected chi connectivity index (χ2v) is 5.26. The van der Waals surface area contributed by atoms with Crippen molar-refractivity contribution < 1.29 is 14.3 Å². The van der Waals surface area contributed by atoms with Gasteiger partial charge in [0, 0.05) is 0 Å². The maximum atomic E-state index is 11.8. The number of nitrogens with one attached hydrogen (secondary N) is 1. The van der Waals surface area contributed by atoms with Crippen LogP contribution in [0.5, 0.6) is 5.75 Å². The Balaban J connectivity index is 3.01. The van der Waals surface area contributed by atoms with Crippen molar-refractivity contribution in [2.24, 2.45) is 17.6 Å². The highest BCUT2D eigenvalue weighted by Crippen LogP contribution is 2.28. The summed E-state index contributed by atoms with van der Waals surface area (Å²) >= 11 is 0. The predicted octanol–water partition coefficient (Wildman–Crippen LogP) is 2.71. The van der Waals surface area contributed by atoms with Crippen molar-refractivity contribution >= 4 is 6.09 Å². The van der Waals surface area contributed by atoms with Crippen LogP contribution in [0.3, 0.4) is 0 Å². The average molecular weight is 294 g/mol. The molecule has 0 aromatic heterocycles. The lowest BCUT2D eigenvalue weighted by molar-refractivity contribution is 0.140. The first-order valence-corrected chi connectivity index (χ1v) is 7.30. The standard InChI is InChI=1S/C16H26N2O3/c1-5-21-16(19)18-15(14(10-17)11(2)3)12-6-8-13(20-4)9-7-12/h6-9,11,14-15H,5,10,17H2,1-4H3,(H,18,19)/t14-,15+/m1/s1. The van der Waals surface area contributed by atoms with E-state index in [1.165, 1.54) is 0 Å². The highest BCUT2D eigenvalue weighted by atomic mass is 16.5. The summed E-state index contributed by atoms with van der Waals surface area (Å²) in [4.78, 5) is 11.8. The summed E-state index contributed by atoms with van der Waals surface area (Å²) < 4.78 is 10.2. The third-order valence-corrected chi connectivity index (χ3v) is 3.58. The number of alkyl carbamates (subject to hydrolysis) is 1. The first-order chi connectivity index (χ1) is 10.0. The molecule has 5 heteroatoms. The van der Waals surface area contributed by atoms with Gasteiger partial charge in [-0.3, -0.25) is 0 Å². The SMILES string of the molecule is CCOC(=O)N[C@@H](c1ccc(OC)cc1)[C@H](CN)C(C)C. The van der Waals surface area contributed by atoms with Crippen LogP contribution in [0.15, 0.2) is 24.3 Å². The number of carbonyl (C=O) groups is 1. The highest BCUT2D eigenvalue weighted by Gasteiger charge is 2.27. The molecule has 0 saturated heterocycles. The average Bonchev–Trinajstić information content (AvgIpc) is 2.47. The van der Waals surface area contributed by atoms with Gasteiger partial charge in [0.2, 0.25) is 0 Å². The molecule has 0 radical (unpaired) electrons. The lowest BCUT2D eigenvalue weighted by atomic mass is 9.84. The van der Waals surface area contributed by atoms with Gasteiger partial charge in [0.1, 0.15) is 5.75 Å². The molecule has 1 amide bonds. The zero-order valence-electron chi connectivity index (χ0n) is 13.3. The molecular weight excluding hydrogens is 268 g/mol. The lowest BCUT2D eigenvalue weighted by Crippen LogP contribution is -2.39. The summed E-state index contributed by atoms with van der Waals surface area (Å²) in [6.45, 7) is 6.81. The van der Waals surface area contributed by atoms with Gasteiger partial charge in [-0.25, -0.2) is 4.79 Å². The third-order valence-electron chi connectivity index (χ3n) is 3.58. The molecule has 21 heavy (non-hydrogen) atoms. The molecule has 1 aromatic rings. The molecule has 0 aliphatic carbocycles. The zero-order chi connectivity index (χ0) is 15.8. The second-order valence-electron chi connectivity index (χ2n) is 5.26. The van der Waals surface area contributed by atoms with Gasteiger partial charge >= 0.3 is 6.09 Å². The molecule has 0 aliphatic heterocycles. The quantitative estimate of drug-likeness (QED) is 0.811. The Kier molecular flexibility index (Phi) is 7.02. The summed E-state index contributed by atoms with van der Waals surface area (Å²) in [5.41, 5.74) is 6.89. The highest BCUT2D eigenvalue weighted by molar-refractivity contribution is 5.68. The van der Waals surface area contributed by atoms with Crippen molar-refractivity contribution in [1.29, 1.82) is 0 Å². The van der Waals surface area contributed by atoms with E-state index >= 15 is 0 Å². The summed E-state index contributed by atoms with van der Waals surface area (Å²) in [5.74, 6) is 1.24. The van der Waals surface area contributed by atoms with Gasteiger partial charge in [-0.2, -0.15) is 0 Å². The first kappa shape index (κ1) is 17.3. The number of hydrogen-bond acceptors (Lipinski definition) is 4. The van der Waals surface area contributed by atoms with Crippen LogP contribution in [0.4, 0.5) is 4.79 Å². The molecule has 0 saturated carbocycles. The Labute approximate surface area is 126 Å². The summed E-state index contributed by atoms with van der Waals surface area (Å²) in [6.07, 6.45) is -0.419. The molecule has 1 rings (SSSR count). The van der Waals surface area contributed by atoms with Gasteiger partial charge in [0.25, 0.3) is 0 Å². The van der Waals surface area contributed by atoms with Gasteiger partial charge in [-0.15, -0.1) is 0 Å². The minimum atomic E-state index is -0.419. The van der Waals surface area contributed by atoms with Gasteiger partial charge in [0.05, 0.1) is 19.8 Å². The number of ether oxygens (including phenoxy) is 2. The molecule has 1 aromatic carbocycles. The van der Waals surface area contributed by atoms with Crippen molar-refractivity contribution in [2.75, 3.05) is 20.3 Å². The molecule has 0 heterocycles. The molecule has 0 bridgehead atoms. The normalized spacial score (nSPS) is 13.6. The first-order valence-electron chi connectivity index (χ1n) is 7.30. The van der Waals surface area contributed by atoms with E-state index in [0.717, 1.165) is 11.3 Å². The second kappa shape index (κ2) is 8.52. The third kappa shape index (κ3) is 4.93. The summed E-state index contributed by atoms with van der Waals surface area (Å²) in [7, 11) is 1.63. The molecule has 0 spiro atoms. The van der Waals surface area contributed by atoms with Crippen LogP contribution < -0.4 is 15.8 Å². The fourth-order valence-corrected chi connectivity index (χ4v) is 2.34. The van der Waals surface area contributed by atoms with Crippen LogP contribution in [-0.4, -0.2) is 26.4 Å². The van der Waals surface area contributed by atoms with Gasteiger partial charge in [0.15, 0.2) is 0 Å². The number of methoxy groups -OCH3 is 1. The minimum Gasteiger partial charge on any atom is -0.497 e. The minimum absolute atomic E-state index is 0.128. The molecule has 118 valence electrons. The number of nitrogens with two attached hydrogens (primary N) is 1. The maximum Gasteiger partial charge on any atom is 0.407 e. The predicted molar refractivity (Wildman–Crippen MR) is 83.3 cm³/mol. The van der Waals surface area contributed by atoms with Crippen LogP contribution in [0, 0.1) is 11.8 Å². The van der Waals surface area contributed by atoms with Crippen molar-refractivity contribution in [3.63, 3.8) is 0 Å². The number of rotatable bonds is 7. The Morgan fingerprint density at radius 3 is 2.33 bits per heavy atom. The maximum absolute atomic E-state index is 11.8. The van der Waals surface area contributed by atoms with E-state index in [0.29, 0.717) is 19.1 Å². The molecule has 0 fully saturated rings. The molecule has 3 N–H and O–H groups in total. The van der Waals surface area contributed by atoms with Crippen LogP contribution in [0.25, 0.3) is 0 Å². The van der Waals surface area contributed by atoms with E-state index in [9.17, 15) is 4.79 Å². The molecule has 0 unspecified atom stereocenters. The molecule has 2 atom stereocenters. The molecule has 5 nitrogen and oxygen atoms in total. The topological polar surface area (TPSA) is 73.6 Å². The van der Waals surface area contributed by atoms with Crippen molar-refractivity contribution in [2.45, 2.75) is 26.8 Å². The van der Waals surface area contributed by atoms with E-state index in [-0.39, 0.29) is 12.0 Å². The molecule has 0 aliphatic rings. The Hall–Kier alpha value is -1.75. The Morgan fingerprint density at radius 1 is 1.29 bits per heavy atom. The van der Waals surface area contributed by atoms with Gasteiger partial charge in [-0.05, 0) is 43.0 Å². The van der Waals surface area contributed by atoms with E-state index in [1.54, 1.807) is 14.0 Å². The zero-order valence-corrected chi connectivity index (χ0v) is 13.3. The smallest absolute Gasteiger partial charge is 0.407 e. The lowest BCUT2D eigenvalue weighted by Gasteiger charge is -2.30. The van der Waals surface area contributed by atoms with E-state index < -0.39 is 6.09 Å². The number of benzene rings is 1. The Morgan fingerprint density at radius 2 is 1.90 bits per heavy atom. The summed E-state index contributed by atoms with van der Waals surface area (Å²) in [5, 5.41) is 2.92. The summed E-state index contributed by atoms with van der Waals surface area (Å²) in [6, 6.07) is 7.47. The van der Waals surface area contributed by atoms with Crippen LogP contribution >= 0.6 is 0 Å². The Bertz CT molecular complexity index is 432. The van der Waals surface area contributed by atoms with Crippen molar-refractivity contribution in [1.82, 2.24) is 5.32 Å². The van der Waals surface area contributed by atoms with E-state index in [2.05, 4.69) is 19.2 Å². The van der Waals surface area contributed by atoms with Crippen molar-refractivity contribution in [3.05, 3.63) is 29.8 Å². The fraction of sp³-hybridized carbons (Fsp3) is 0.562. The largest absolute Gasteiger partial charge is 0.497 e. The monoisotopic (exact) mass is 294 g/mol. The van der Waals surface area contributed by atoms with Gasteiger partial charge in [-0.1, -0.05) is 26.0 Å². The van der Waals surface area contributed by atoms with Gasteiger partial charge < -0.3 is 20.5 Å².